The van der Waals surface area contributed by atoms with Gasteiger partial charge in [-0.1, -0.05) is 30.3 Å². The molecular formula is C12H15NS2. The Morgan fingerprint density at radius 3 is 2.73 bits per heavy atom. The summed E-state index contributed by atoms with van der Waals surface area (Å²) in [7, 11) is 0. The lowest BCUT2D eigenvalue weighted by Crippen LogP contribution is -1.86. The molecule has 0 heterocycles. The SMILES string of the molecule is S=C=NCCCCSCc1ccccc1. The maximum atomic E-state index is 4.49. The van der Waals surface area contributed by atoms with Crippen LogP contribution in [0.4, 0.5) is 0 Å². The summed E-state index contributed by atoms with van der Waals surface area (Å²) in [6.07, 6.45) is 2.32. The van der Waals surface area contributed by atoms with E-state index in [-0.39, 0.29) is 0 Å². The van der Waals surface area contributed by atoms with Crippen molar-refractivity contribution in [1.29, 1.82) is 0 Å². The Bertz CT molecular complexity index is 305. The predicted octanol–water partition coefficient (Wildman–Crippen LogP) is 3.80. The minimum Gasteiger partial charge on any atom is -0.233 e. The first-order valence-electron chi connectivity index (χ1n) is 5.09. The van der Waals surface area contributed by atoms with Crippen LogP contribution in [-0.4, -0.2) is 17.5 Å². The number of aliphatic imine (C=N–C) groups is 1. The molecule has 1 nitrogen and oxygen atoms in total. The summed E-state index contributed by atoms with van der Waals surface area (Å²) in [5.74, 6) is 2.30. The molecule has 80 valence electrons. The molecular weight excluding hydrogens is 222 g/mol. The third-order valence-corrected chi connectivity index (χ3v) is 3.23. The van der Waals surface area contributed by atoms with E-state index in [1.807, 2.05) is 11.8 Å². The van der Waals surface area contributed by atoms with Crippen molar-refractivity contribution in [3.05, 3.63) is 35.9 Å². The first-order valence-corrected chi connectivity index (χ1v) is 6.65. The Morgan fingerprint density at radius 2 is 2.00 bits per heavy atom. The number of unbranched alkanes of at least 4 members (excludes halogenated alkanes) is 1. The molecule has 3 heteroatoms. The molecule has 1 aromatic carbocycles. The van der Waals surface area contributed by atoms with Crippen LogP contribution in [0, 0.1) is 0 Å². The van der Waals surface area contributed by atoms with Gasteiger partial charge in [0.15, 0.2) is 0 Å². The summed E-state index contributed by atoms with van der Waals surface area (Å²) in [6, 6.07) is 10.6. The quantitative estimate of drug-likeness (QED) is 0.406. The molecule has 0 fully saturated rings. The van der Waals surface area contributed by atoms with Gasteiger partial charge in [0.1, 0.15) is 0 Å². The average molecular weight is 237 g/mol. The molecule has 0 aliphatic heterocycles. The highest BCUT2D eigenvalue weighted by Gasteiger charge is 1.92. The van der Waals surface area contributed by atoms with Crippen LogP contribution in [0.2, 0.25) is 0 Å². The molecule has 15 heavy (non-hydrogen) atoms. The predicted molar refractivity (Wildman–Crippen MR) is 71.7 cm³/mol. The van der Waals surface area contributed by atoms with Crippen LogP contribution in [0.5, 0.6) is 0 Å². The molecule has 1 rings (SSSR count). The van der Waals surface area contributed by atoms with Crippen molar-refractivity contribution in [3.63, 3.8) is 0 Å². The molecule has 0 aromatic heterocycles. The summed E-state index contributed by atoms with van der Waals surface area (Å²) in [5.41, 5.74) is 1.40. The van der Waals surface area contributed by atoms with E-state index in [1.165, 1.54) is 17.7 Å². The summed E-state index contributed by atoms with van der Waals surface area (Å²) < 4.78 is 0. The number of benzene rings is 1. The maximum absolute atomic E-state index is 4.49. The Labute approximate surface area is 101 Å². The van der Waals surface area contributed by atoms with Crippen molar-refractivity contribution >= 4 is 29.1 Å². The second-order valence-corrected chi connectivity index (χ2v) is 4.51. The van der Waals surface area contributed by atoms with E-state index < -0.39 is 0 Å². The molecule has 0 aliphatic rings. The number of nitrogens with zero attached hydrogens (tertiary/aromatic N) is 1. The van der Waals surface area contributed by atoms with Crippen molar-refractivity contribution in [1.82, 2.24) is 0 Å². The van der Waals surface area contributed by atoms with Gasteiger partial charge in [0, 0.05) is 12.3 Å². The van der Waals surface area contributed by atoms with Crippen molar-refractivity contribution in [3.8, 4) is 0 Å². The van der Waals surface area contributed by atoms with Crippen molar-refractivity contribution in [2.45, 2.75) is 18.6 Å². The number of thioether (sulfide) groups is 1. The van der Waals surface area contributed by atoms with E-state index in [4.69, 9.17) is 0 Å². The van der Waals surface area contributed by atoms with E-state index in [0.717, 1.165) is 18.7 Å². The maximum Gasteiger partial charge on any atom is 0.0584 e. The Kier molecular flexibility index (Phi) is 7.18. The monoisotopic (exact) mass is 237 g/mol. The van der Waals surface area contributed by atoms with Crippen LogP contribution < -0.4 is 0 Å². The molecule has 0 N–H and O–H groups in total. The summed E-state index contributed by atoms with van der Waals surface area (Å²) in [6.45, 7) is 0.829. The lowest BCUT2D eigenvalue weighted by Gasteiger charge is -2.00. The molecule has 0 saturated carbocycles. The number of thiocarbonyl (C=S) groups is 1. The van der Waals surface area contributed by atoms with Gasteiger partial charge in [0.25, 0.3) is 0 Å². The first-order chi connectivity index (χ1) is 7.43. The van der Waals surface area contributed by atoms with Crippen molar-refractivity contribution < 1.29 is 0 Å². The zero-order valence-corrected chi connectivity index (χ0v) is 10.3. The molecule has 0 unspecified atom stereocenters. The number of rotatable bonds is 7. The van der Waals surface area contributed by atoms with Gasteiger partial charge in [-0.15, -0.1) is 0 Å². The van der Waals surface area contributed by atoms with Crippen LogP contribution in [0.25, 0.3) is 0 Å². The molecule has 0 radical (unpaired) electrons. The fourth-order valence-electron chi connectivity index (χ4n) is 1.20. The second kappa shape index (κ2) is 8.66. The van der Waals surface area contributed by atoms with Crippen molar-refractivity contribution in [2.24, 2.45) is 4.99 Å². The largest absolute Gasteiger partial charge is 0.233 e. The lowest BCUT2D eigenvalue weighted by molar-refractivity contribution is 0.819. The van der Waals surface area contributed by atoms with Crippen LogP contribution in [-0.2, 0) is 5.75 Å². The number of hydrogen-bond donors (Lipinski definition) is 0. The summed E-state index contributed by atoms with van der Waals surface area (Å²) >= 11 is 6.47. The zero-order chi connectivity index (χ0) is 10.8. The molecule has 1 aromatic rings. The Balaban J connectivity index is 2.00. The van der Waals surface area contributed by atoms with Crippen molar-refractivity contribution in [2.75, 3.05) is 12.3 Å². The summed E-state index contributed by atoms with van der Waals surface area (Å²) in [4.78, 5) is 3.88. The van der Waals surface area contributed by atoms with Gasteiger partial charge in [-0.2, -0.15) is 11.8 Å². The smallest absolute Gasteiger partial charge is 0.0584 e. The number of hydrogen-bond acceptors (Lipinski definition) is 3. The van der Waals surface area contributed by atoms with E-state index in [0.29, 0.717) is 0 Å². The topological polar surface area (TPSA) is 12.4 Å². The third-order valence-electron chi connectivity index (χ3n) is 1.98. The van der Waals surface area contributed by atoms with E-state index in [1.54, 1.807) is 0 Å². The lowest BCUT2D eigenvalue weighted by atomic mass is 10.2. The van der Waals surface area contributed by atoms with Gasteiger partial charge in [0.2, 0.25) is 0 Å². The highest BCUT2D eigenvalue weighted by Crippen LogP contribution is 2.13. The van der Waals surface area contributed by atoms with Gasteiger partial charge in [0.05, 0.1) is 5.16 Å². The highest BCUT2D eigenvalue weighted by atomic mass is 32.2. The molecule has 0 saturated heterocycles. The third kappa shape index (κ3) is 6.45. The number of isothiocyanates is 1. The fourth-order valence-corrected chi connectivity index (χ4v) is 2.28. The summed E-state index contributed by atoms with van der Waals surface area (Å²) in [5, 5.41) is 2.39. The van der Waals surface area contributed by atoms with Gasteiger partial charge < -0.3 is 0 Å². The van der Waals surface area contributed by atoms with Crippen LogP contribution in [0.1, 0.15) is 18.4 Å². The Hall–Kier alpha value is -0.630. The minimum absolute atomic E-state index is 0.829. The van der Waals surface area contributed by atoms with Gasteiger partial charge >= 0.3 is 0 Å². The normalized spacial score (nSPS) is 9.60. The average Bonchev–Trinajstić information content (AvgIpc) is 2.29. The zero-order valence-electron chi connectivity index (χ0n) is 8.69. The second-order valence-electron chi connectivity index (χ2n) is 3.22. The fraction of sp³-hybridized carbons (Fsp3) is 0.417. The molecule has 0 spiro atoms. The highest BCUT2D eigenvalue weighted by molar-refractivity contribution is 7.98. The van der Waals surface area contributed by atoms with E-state index in [9.17, 15) is 0 Å². The molecule has 0 aliphatic carbocycles. The van der Waals surface area contributed by atoms with Gasteiger partial charge in [-0.25, -0.2) is 4.99 Å². The van der Waals surface area contributed by atoms with E-state index >= 15 is 0 Å². The van der Waals surface area contributed by atoms with E-state index in [2.05, 4.69) is 52.7 Å². The Morgan fingerprint density at radius 1 is 1.20 bits per heavy atom. The first kappa shape index (κ1) is 12.4. The van der Waals surface area contributed by atoms with Crippen LogP contribution in [0.15, 0.2) is 35.3 Å². The molecule has 0 bridgehead atoms. The van der Waals surface area contributed by atoms with Gasteiger partial charge in [-0.3, -0.25) is 0 Å². The standard InChI is InChI=1S/C12H15NS2/c14-11-13-8-4-5-9-15-10-12-6-2-1-3-7-12/h1-3,6-7H,4-5,8-10H2. The molecule has 0 amide bonds. The minimum atomic E-state index is 0.829. The van der Waals surface area contributed by atoms with Crippen LogP contribution in [0.3, 0.4) is 0 Å². The molecule has 0 atom stereocenters. The van der Waals surface area contributed by atoms with Crippen LogP contribution >= 0.6 is 24.0 Å². The van der Waals surface area contributed by atoms with Gasteiger partial charge in [-0.05, 0) is 36.4 Å².